The van der Waals surface area contributed by atoms with Crippen LogP contribution in [0.15, 0.2) is 30.4 Å². The summed E-state index contributed by atoms with van der Waals surface area (Å²) in [7, 11) is 0. The number of hydrogen-bond donors (Lipinski definition) is 2. The first-order chi connectivity index (χ1) is 11.4. The molecule has 1 atom stereocenters. The zero-order chi connectivity index (χ0) is 17.7. The summed E-state index contributed by atoms with van der Waals surface area (Å²) in [6, 6.07) is 3.60. The molecule has 24 heavy (non-hydrogen) atoms. The Morgan fingerprint density at radius 1 is 1.54 bits per heavy atom. The van der Waals surface area contributed by atoms with E-state index in [0.29, 0.717) is 31.2 Å². The van der Waals surface area contributed by atoms with E-state index in [2.05, 4.69) is 17.2 Å². The van der Waals surface area contributed by atoms with Crippen LogP contribution >= 0.6 is 11.6 Å². The molecule has 1 saturated heterocycles. The van der Waals surface area contributed by atoms with E-state index in [1.807, 2.05) is 11.8 Å². The van der Waals surface area contributed by atoms with Crippen molar-refractivity contribution in [3.05, 3.63) is 46.8 Å². The van der Waals surface area contributed by atoms with Crippen LogP contribution in [0.5, 0.6) is 0 Å². The van der Waals surface area contributed by atoms with Crippen molar-refractivity contribution >= 4 is 23.4 Å². The van der Waals surface area contributed by atoms with Crippen molar-refractivity contribution in [3.63, 3.8) is 0 Å². The van der Waals surface area contributed by atoms with Gasteiger partial charge in [0.1, 0.15) is 5.82 Å². The highest BCUT2D eigenvalue weighted by molar-refractivity contribution is 6.31. The second-order valence-corrected chi connectivity index (χ2v) is 6.36. The number of amides is 2. The first-order valence-corrected chi connectivity index (χ1v) is 8.11. The van der Waals surface area contributed by atoms with E-state index in [0.717, 1.165) is 11.1 Å². The number of rotatable bonds is 6. The number of hydrogen-bond acceptors (Lipinski definition) is 3. The summed E-state index contributed by atoms with van der Waals surface area (Å²) in [5.74, 6) is -0.809. The zero-order valence-electron chi connectivity index (χ0n) is 13.6. The third kappa shape index (κ3) is 5.04. The van der Waals surface area contributed by atoms with Gasteiger partial charge in [-0.25, -0.2) is 4.39 Å². The Hall–Kier alpha value is -1.92. The molecule has 0 bridgehead atoms. The van der Waals surface area contributed by atoms with Crippen molar-refractivity contribution in [1.29, 1.82) is 0 Å². The van der Waals surface area contributed by atoms with Gasteiger partial charge in [-0.3, -0.25) is 14.5 Å². The molecule has 7 heteroatoms. The molecule has 1 aromatic rings. The van der Waals surface area contributed by atoms with E-state index < -0.39 is 11.9 Å². The average molecular weight is 354 g/mol. The topological polar surface area (TPSA) is 61.4 Å². The van der Waals surface area contributed by atoms with Crippen molar-refractivity contribution in [3.8, 4) is 0 Å². The van der Waals surface area contributed by atoms with Gasteiger partial charge in [-0.2, -0.15) is 0 Å². The number of benzene rings is 1. The molecule has 2 amide bonds. The molecule has 0 spiro atoms. The number of halogens is 2. The summed E-state index contributed by atoms with van der Waals surface area (Å²) < 4.78 is 13.2. The minimum absolute atomic E-state index is 0.0535. The predicted octanol–water partition coefficient (Wildman–Crippen LogP) is 1.86. The molecule has 0 saturated carbocycles. The van der Waals surface area contributed by atoms with Crippen LogP contribution in [-0.4, -0.2) is 42.4 Å². The Labute approximate surface area is 145 Å². The standard InChI is InChI=1S/C17H21ClFN3O2/c1-11(2)9-21-16(23)8-15-17(24)20-5-6-22(15)10-12-3-4-13(19)7-14(12)18/h3-4,7,15H,1,5-6,8-10H2,2H3,(H,20,24)(H,21,23)/t15-/m0/s1. The maximum absolute atomic E-state index is 13.2. The summed E-state index contributed by atoms with van der Waals surface area (Å²) in [4.78, 5) is 26.1. The molecule has 5 nitrogen and oxygen atoms in total. The van der Waals surface area contributed by atoms with Gasteiger partial charge in [0.05, 0.1) is 12.5 Å². The molecule has 1 aromatic carbocycles. The van der Waals surface area contributed by atoms with Gasteiger partial charge in [0, 0.05) is 31.2 Å². The molecule has 0 aliphatic carbocycles. The zero-order valence-corrected chi connectivity index (χ0v) is 14.3. The van der Waals surface area contributed by atoms with Gasteiger partial charge in [-0.05, 0) is 24.6 Å². The highest BCUT2D eigenvalue weighted by Crippen LogP contribution is 2.21. The van der Waals surface area contributed by atoms with Gasteiger partial charge in [0.2, 0.25) is 11.8 Å². The van der Waals surface area contributed by atoms with E-state index in [-0.39, 0.29) is 18.2 Å². The number of carbonyl (C=O) groups is 2. The summed E-state index contributed by atoms with van der Waals surface area (Å²) in [6.45, 7) is 7.41. The monoisotopic (exact) mass is 353 g/mol. The van der Waals surface area contributed by atoms with E-state index in [1.54, 1.807) is 6.07 Å². The Morgan fingerprint density at radius 3 is 2.96 bits per heavy atom. The van der Waals surface area contributed by atoms with Gasteiger partial charge >= 0.3 is 0 Å². The van der Waals surface area contributed by atoms with Crippen molar-refractivity contribution < 1.29 is 14.0 Å². The summed E-state index contributed by atoms with van der Waals surface area (Å²) in [5.41, 5.74) is 1.56. The molecule has 0 unspecified atom stereocenters. The first-order valence-electron chi connectivity index (χ1n) is 7.73. The number of nitrogens with one attached hydrogen (secondary N) is 2. The molecule has 1 heterocycles. The summed E-state index contributed by atoms with van der Waals surface area (Å²) in [5, 5.41) is 5.81. The van der Waals surface area contributed by atoms with Gasteiger partial charge in [-0.15, -0.1) is 0 Å². The van der Waals surface area contributed by atoms with Gasteiger partial charge in [-0.1, -0.05) is 29.8 Å². The molecule has 1 fully saturated rings. The quantitative estimate of drug-likeness (QED) is 0.767. The third-order valence-corrected chi connectivity index (χ3v) is 4.15. The Kier molecular flexibility index (Phi) is 6.34. The molecule has 0 radical (unpaired) electrons. The lowest BCUT2D eigenvalue weighted by Gasteiger charge is -2.34. The van der Waals surface area contributed by atoms with Crippen LogP contribution in [0.3, 0.4) is 0 Å². The molecule has 2 N–H and O–H groups in total. The second-order valence-electron chi connectivity index (χ2n) is 5.95. The second kappa shape index (κ2) is 8.26. The molecular weight excluding hydrogens is 333 g/mol. The van der Waals surface area contributed by atoms with Crippen molar-refractivity contribution in [2.24, 2.45) is 0 Å². The molecule has 0 aromatic heterocycles. The highest BCUT2D eigenvalue weighted by atomic mass is 35.5. The molecule has 1 aliphatic rings. The van der Waals surface area contributed by atoms with Crippen LogP contribution < -0.4 is 10.6 Å². The Morgan fingerprint density at radius 2 is 2.29 bits per heavy atom. The smallest absolute Gasteiger partial charge is 0.237 e. The van der Waals surface area contributed by atoms with Crippen molar-refractivity contribution in [2.75, 3.05) is 19.6 Å². The van der Waals surface area contributed by atoms with Gasteiger partial charge in [0.15, 0.2) is 0 Å². The number of nitrogens with zero attached hydrogens (tertiary/aromatic N) is 1. The molecule has 130 valence electrons. The highest BCUT2D eigenvalue weighted by Gasteiger charge is 2.31. The van der Waals surface area contributed by atoms with Crippen LogP contribution in [0.1, 0.15) is 18.9 Å². The maximum Gasteiger partial charge on any atom is 0.237 e. The molecule has 1 aliphatic heterocycles. The number of carbonyl (C=O) groups excluding carboxylic acids is 2. The van der Waals surface area contributed by atoms with Crippen LogP contribution in [0.4, 0.5) is 4.39 Å². The lowest BCUT2D eigenvalue weighted by molar-refractivity contribution is -0.134. The fourth-order valence-corrected chi connectivity index (χ4v) is 2.77. The van der Waals surface area contributed by atoms with E-state index in [4.69, 9.17) is 11.6 Å². The fraction of sp³-hybridized carbons (Fsp3) is 0.412. The summed E-state index contributed by atoms with van der Waals surface area (Å²) >= 11 is 6.07. The minimum atomic E-state index is -0.579. The van der Waals surface area contributed by atoms with Crippen molar-refractivity contribution in [1.82, 2.24) is 15.5 Å². The minimum Gasteiger partial charge on any atom is -0.353 e. The van der Waals surface area contributed by atoms with Crippen LogP contribution in [0, 0.1) is 5.82 Å². The average Bonchev–Trinajstić information content (AvgIpc) is 2.51. The van der Waals surface area contributed by atoms with Gasteiger partial charge < -0.3 is 10.6 Å². The Bertz CT molecular complexity index is 651. The van der Waals surface area contributed by atoms with Crippen LogP contribution in [0.25, 0.3) is 0 Å². The van der Waals surface area contributed by atoms with Crippen molar-refractivity contribution in [2.45, 2.75) is 25.9 Å². The predicted molar refractivity (Wildman–Crippen MR) is 91.1 cm³/mol. The summed E-state index contributed by atoms with van der Waals surface area (Å²) in [6.07, 6.45) is 0.0535. The van der Waals surface area contributed by atoms with E-state index in [9.17, 15) is 14.0 Å². The lowest BCUT2D eigenvalue weighted by Crippen LogP contribution is -2.56. The van der Waals surface area contributed by atoms with Gasteiger partial charge in [0.25, 0.3) is 0 Å². The molecular formula is C17H21ClFN3O2. The van der Waals surface area contributed by atoms with E-state index >= 15 is 0 Å². The van der Waals surface area contributed by atoms with Crippen LogP contribution in [-0.2, 0) is 16.1 Å². The number of piperazine rings is 1. The Balaban J connectivity index is 2.06. The maximum atomic E-state index is 13.2. The largest absolute Gasteiger partial charge is 0.353 e. The van der Waals surface area contributed by atoms with E-state index in [1.165, 1.54) is 12.1 Å². The SMILES string of the molecule is C=C(C)CNC(=O)C[C@H]1C(=O)NCCN1Cc1ccc(F)cc1Cl. The fourth-order valence-electron chi connectivity index (χ4n) is 2.54. The normalized spacial score (nSPS) is 18.1. The molecule has 2 rings (SSSR count). The van der Waals surface area contributed by atoms with Crippen LogP contribution in [0.2, 0.25) is 5.02 Å². The lowest BCUT2D eigenvalue weighted by atomic mass is 10.1. The third-order valence-electron chi connectivity index (χ3n) is 3.80. The first kappa shape index (κ1) is 18.4.